The molecule has 5 nitrogen and oxygen atoms in total. The number of para-hydroxylation sites is 2. The molecule has 1 aliphatic rings. The largest absolute Gasteiger partial charge is 0.491 e. The first kappa shape index (κ1) is 19.7. The van der Waals surface area contributed by atoms with Crippen molar-refractivity contribution in [2.75, 3.05) is 26.3 Å². The summed E-state index contributed by atoms with van der Waals surface area (Å²) in [6.07, 6.45) is -0.693. The fraction of sp³-hybridized carbons (Fsp3) is 0.333. The van der Waals surface area contributed by atoms with Crippen molar-refractivity contribution in [3.8, 4) is 17.2 Å². The highest BCUT2D eigenvalue weighted by Gasteiger charge is 2.20. The van der Waals surface area contributed by atoms with Gasteiger partial charge in [0.05, 0.1) is 0 Å². The minimum absolute atomic E-state index is 0. The highest BCUT2D eigenvalue weighted by molar-refractivity contribution is 6.30. The number of rotatable bonds is 7. The first-order valence-corrected chi connectivity index (χ1v) is 8.24. The van der Waals surface area contributed by atoms with Gasteiger partial charge in [-0.2, -0.15) is 0 Å². The molecule has 0 amide bonds. The fourth-order valence-corrected chi connectivity index (χ4v) is 2.48. The van der Waals surface area contributed by atoms with Crippen molar-refractivity contribution in [1.29, 1.82) is 0 Å². The molecule has 7 heteroatoms. The number of nitrogens with one attached hydrogen (secondary N) is 1. The number of aliphatic hydroxyl groups is 1. The standard InChI is InChI=1S/C18H20ClNO4.ClH/c19-13-5-7-15(8-6-13)22-11-14(21)9-20-10-16-12-23-17-3-1-2-4-18(17)24-16;/h1-8,14,16,20-21H,9-12H2;1H. The van der Waals surface area contributed by atoms with Gasteiger partial charge in [-0.15, -0.1) is 12.4 Å². The van der Waals surface area contributed by atoms with E-state index >= 15 is 0 Å². The summed E-state index contributed by atoms with van der Waals surface area (Å²) in [5.41, 5.74) is 0. The molecule has 2 N–H and O–H groups in total. The SMILES string of the molecule is Cl.OC(CNCC1COc2ccccc2O1)COc1ccc(Cl)cc1. The number of aliphatic hydroxyl groups excluding tert-OH is 1. The minimum atomic E-state index is -0.613. The van der Waals surface area contributed by atoms with Crippen LogP contribution in [-0.2, 0) is 0 Å². The molecule has 3 rings (SSSR count). The third-order valence-corrected chi connectivity index (χ3v) is 3.83. The quantitative estimate of drug-likeness (QED) is 0.767. The monoisotopic (exact) mass is 385 g/mol. The molecule has 0 radical (unpaired) electrons. The summed E-state index contributed by atoms with van der Waals surface area (Å²) in [7, 11) is 0. The third-order valence-electron chi connectivity index (χ3n) is 3.58. The lowest BCUT2D eigenvalue weighted by Gasteiger charge is -2.27. The van der Waals surface area contributed by atoms with Crippen LogP contribution in [0.25, 0.3) is 0 Å². The van der Waals surface area contributed by atoms with Crippen LogP contribution in [0.4, 0.5) is 0 Å². The number of halogens is 2. The van der Waals surface area contributed by atoms with Gasteiger partial charge in [0.2, 0.25) is 0 Å². The normalized spacial score (nSPS) is 16.6. The smallest absolute Gasteiger partial charge is 0.161 e. The second kappa shape index (κ2) is 9.73. The Morgan fingerprint density at radius 1 is 1.16 bits per heavy atom. The zero-order valence-corrected chi connectivity index (χ0v) is 15.1. The Bertz CT molecular complexity index is 654. The molecular formula is C18H21Cl2NO4. The number of fused-ring (bicyclic) bond motifs is 1. The zero-order valence-electron chi connectivity index (χ0n) is 13.6. The maximum atomic E-state index is 9.97. The molecule has 2 aromatic carbocycles. The average Bonchev–Trinajstić information content (AvgIpc) is 2.61. The lowest BCUT2D eigenvalue weighted by Crippen LogP contribution is -2.41. The lowest BCUT2D eigenvalue weighted by molar-refractivity contribution is 0.0778. The summed E-state index contributed by atoms with van der Waals surface area (Å²) in [6.45, 7) is 1.70. The van der Waals surface area contributed by atoms with Gasteiger partial charge >= 0.3 is 0 Å². The van der Waals surface area contributed by atoms with E-state index in [2.05, 4.69) is 5.32 Å². The molecule has 0 aromatic heterocycles. The Labute approximate surface area is 158 Å². The van der Waals surface area contributed by atoms with Gasteiger partial charge in [0.1, 0.15) is 31.2 Å². The maximum absolute atomic E-state index is 9.97. The van der Waals surface area contributed by atoms with Crippen LogP contribution < -0.4 is 19.5 Å². The molecule has 0 spiro atoms. The highest BCUT2D eigenvalue weighted by Crippen LogP contribution is 2.30. The number of hydrogen-bond donors (Lipinski definition) is 2. The topological polar surface area (TPSA) is 60.0 Å². The predicted molar refractivity (Wildman–Crippen MR) is 99.4 cm³/mol. The molecule has 2 aromatic rings. The van der Waals surface area contributed by atoms with Crippen molar-refractivity contribution >= 4 is 24.0 Å². The molecule has 2 atom stereocenters. The zero-order chi connectivity index (χ0) is 16.8. The van der Waals surface area contributed by atoms with Crippen LogP contribution in [0, 0.1) is 0 Å². The summed E-state index contributed by atoms with van der Waals surface area (Å²) >= 11 is 5.81. The molecule has 0 saturated heterocycles. The van der Waals surface area contributed by atoms with Crippen molar-refractivity contribution in [2.45, 2.75) is 12.2 Å². The Balaban J connectivity index is 0.00000225. The number of benzene rings is 2. The number of ether oxygens (including phenoxy) is 3. The molecule has 136 valence electrons. The second-order valence-electron chi connectivity index (χ2n) is 5.57. The van der Waals surface area contributed by atoms with Crippen LogP contribution in [0.5, 0.6) is 17.2 Å². The van der Waals surface area contributed by atoms with Crippen LogP contribution >= 0.6 is 24.0 Å². The van der Waals surface area contributed by atoms with E-state index in [1.54, 1.807) is 24.3 Å². The molecule has 1 heterocycles. The van der Waals surface area contributed by atoms with E-state index in [0.29, 0.717) is 30.5 Å². The summed E-state index contributed by atoms with van der Waals surface area (Å²) in [5.74, 6) is 2.20. The molecule has 0 bridgehead atoms. The van der Waals surface area contributed by atoms with Crippen LogP contribution in [0.1, 0.15) is 0 Å². The average molecular weight is 386 g/mol. The van der Waals surface area contributed by atoms with Gasteiger partial charge in [-0.25, -0.2) is 0 Å². The Morgan fingerprint density at radius 3 is 2.64 bits per heavy atom. The van der Waals surface area contributed by atoms with Gasteiger partial charge < -0.3 is 24.6 Å². The van der Waals surface area contributed by atoms with E-state index in [1.807, 2.05) is 24.3 Å². The van der Waals surface area contributed by atoms with Gasteiger partial charge in [0, 0.05) is 18.1 Å². The molecular weight excluding hydrogens is 365 g/mol. The van der Waals surface area contributed by atoms with E-state index in [4.69, 9.17) is 25.8 Å². The molecule has 0 aliphatic carbocycles. The van der Waals surface area contributed by atoms with E-state index in [-0.39, 0.29) is 25.1 Å². The summed E-state index contributed by atoms with van der Waals surface area (Å²) < 4.78 is 17.0. The van der Waals surface area contributed by atoms with Crippen molar-refractivity contribution in [1.82, 2.24) is 5.32 Å². The Hall–Kier alpha value is -1.66. The first-order chi connectivity index (χ1) is 11.7. The lowest BCUT2D eigenvalue weighted by atomic mass is 10.2. The van der Waals surface area contributed by atoms with E-state index in [0.717, 1.165) is 11.5 Å². The van der Waals surface area contributed by atoms with Crippen molar-refractivity contribution in [2.24, 2.45) is 0 Å². The summed E-state index contributed by atoms with van der Waals surface area (Å²) in [5, 5.41) is 13.8. The van der Waals surface area contributed by atoms with Crippen LogP contribution in [-0.4, -0.2) is 43.6 Å². The molecule has 1 aliphatic heterocycles. The summed E-state index contributed by atoms with van der Waals surface area (Å²) in [6, 6.07) is 14.6. The van der Waals surface area contributed by atoms with Gasteiger partial charge in [-0.3, -0.25) is 0 Å². The maximum Gasteiger partial charge on any atom is 0.161 e. The van der Waals surface area contributed by atoms with E-state index < -0.39 is 6.10 Å². The van der Waals surface area contributed by atoms with Crippen molar-refractivity contribution < 1.29 is 19.3 Å². The van der Waals surface area contributed by atoms with Gasteiger partial charge in [-0.05, 0) is 36.4 Å². The van der Waals surface area contributed by atoms with Crippen LogP contribution in [0.2, 0.25) is 5.02 Å². The predicted octanol–water partition coefficient (Wildman–Crippen LogP) is 2.93. The summed E-state index contributed by atoms with van der Waals surface area (Å²) in [4.78, 5) is 0. The molecule has 25 heavy (non-hydrogen) atoms. The minimum Gasteiger partial charge on any atom is -0.491 e. The van der Waals surface area contributed by atoms with Gasteiger partial charge in [0.25, 0.3) is 0 Å². The van der Waals surface area contributed by atoms with E-state index in [9.17, 15) is 5.11 Å². The fourth-order valence-electron chi connectivity index (χ4n) is 2.36. The Kier molecular flexibility index (Phi) is 7.65. The molecule has 0 fully saturated rings. The van der Waals surface area contributed by atoms with Crippen LogP contribution in [0.3, 0.4) is 0 Å². The molecule has 0 saturated carbocycles. The van der Waals surface area contributed by atoms with Crippen molar-refractivity contribution in [3.05, 3.63) is 53.6 Å². The molecule has 2 unspecified atom stereocenters. The first-order valence-electron chi connectivity index (χ1n) is 7.86. The van der Waals surface area contributed by atoms with Crippen molar-refractivity contribution in [3.63, 3.8) is 0 Å². The van der Waals surface area contributed by atoms with E-state index in [1.165, 1.54) is 0 Å². The highest BCUT2D eigenvalue weighted by atomic mass is 35.5. The second-order valence-corrected chi connectivity index (χ2v) is 6.01. The Morgan fingerprint density at radius 2 is 1.88 bits per heavy atom. The third kappa shape index (κ3) is 5.97. The van der Waals surface area contributed by atoms with Gasteiger partial charge in [0.15, 0.2) is 11.5 Å². The van der Waals surface area contributed by atoms with Gasteiger partial charge in [-0.1, -0.05) is 23.7 Å². The number of hydrogen-bond acceptors (Lipinski definition) is 5. The van der Waals surface area contributed by atoms with Crippen LogP contribution in [0.15, 0.2) is 48.5 Å².